The van der Waals surface area contributed by atoms with Gasteiger partial charge in [-0.1, -0.05) is 6.07 Å². The maximum absolute atomic E-state index is 12.5. The number of carbonyl (C=O) groups is 1. The Bertz CT molecular complexity index is 856. The predicted molar refractivity (Wildman–Crippen MR) is 127 cm³/mol. The zero-order valence-corrected chi connectivity index (χ0v) is 19.0. The van der Waals surface area contributed by atoms with Crippen LogP contribution in [0.4, 0.5) is 11.4 Å². The van der Waals surface area contributed by atoms with E-state index in [-0.39, 0.29) is 30.7 Å². The maximum Gasteiger partial charge on any atom is 0.227 e. The van der Waals surface area contributed by atoms with Crippen LogP contribution in [0.2, 0.25) is 0 Å². The highest BCUT2D eigenvalue weighted by Crippen LogP contribution is 2.32. The SMILES string of the molecule is CN1CCCC1CCN1C(=O)CCc2cc(N=C(N)c3cccs3)ccc21.Cl.Cl. The van der Waals surface area contributed by atoms with Crippen LogP contribution in [0, 0.1) is 0 Å². The van der Waals surface area contributed by atoms with Crippen LogP contribution in [-0.2, 0) is 11.2 Å². The lowest BCUT2D eigenvalue weighted by molar-refractivity contribution is -0.118. The summed E-state index contributed by atoms with van der Waals surface area (Å²) in [5.41, 5.74) is 9.20. The van der Waals surface area contributed by atoms with Crippen molar-refractivity contribution in [2.45, 2.75) is 38.1 Å². The van der Waals surface area contributed by atoms with Crippen LogP contribution in [0.3, 0.4) is 0 Å². The molecule has 4 rings (SSSR count). The van der Waals surface area contributed by atoms with Gasteiger partial charge in [0.2, 0.25) is 5.91 Å². The summed E-state index contributed by atoms with van der Waals surface area (Å²) in [6.45, 7) is 1.96. The third kappa shape index (κ3) is 5.31. The minimum Gasteiger partial charge on any atom is -0.383 e. The zero-order chi connectivity index (χ0) is 18.8. The largest absolute Gasteiger partial charge is 0.383 e. The number of hydrogen-bond donors (Lipinski definition) is 1. The van der Waals surface area contributed by atoms with E-state index in [2.05, 4.69) is 23.0 Å². The van der Waals surface area contributed by atoms with E-state index in [1.165, 1.54) is 24.9 Å². The number of rotatable bonds is 5. The van der Waals surface area contributed by atoms with Gasteiger partial charge in [0.05, 0.1) is 10.6 Å². The molecule has 2 aliphatic heterocycles. The van der Waals surface area contributed by atoms with Crippen molar-refractivity contribution in [2.75, 3.05) is 25.0 Å². The molecule has 5 nitrogen and oxygen atoms in total. The zero-order valence-electron chi connectivity index (χ0n) is 16.5. The first-order valence-corrected chi connectivity index (χ1v) is 10.5. The molecule has 1 unspecified atom stereocenters. The fourth-order valence-electron chi connectivity index (χ4n) is 4.10. The van der Waals surface area contributed by atoms with Gasteiger partial charge in [0.25, 0.3) is 0 Å². The Hall–Kier alpha value is -1.60. The van der Waals surface area contributed by atoms with Gasteiger partial charge in [0.15, 0.2) is 0 Å². The molecule has 29 heavy (non-hydrogen) atoms. The van der Waals surface area contributed by atoms with Crippen LogP contribution in [0.15, 0.2) is 40.7 Å². The number of fused-ring (bicyclic) bond motifs is 1. The van der Waals surface area contributed by atoms with Crippen molar-refractivity contribution in [3.63, 3.8) is 0 Å². The van der Waals surface area contributed by atoms with Crippen molar-refractivity contribution >= 4 is 59.3 Å². The number of amidine groups is 1. The van der Waals surface area contributed by atoms with Gasteiger partial charge in [-0.2, -0.15) is 0 Å². The Morgan fingerprint density at radius 2 is 2.10 bits per heavy atom. The Morgan fingerprint density at radius 1 is 1.28 bits per heavy atom. The number of aryl methyl sites for hydroxylation is 1. The number of aliphatic imine (C=N–C) groups is 1. The number of halogens is 2. The quantitative estimate of drug-likeness (QED) is 0.537. The van der Waals surface area contributed by atoms with Gasteiger partial charge in [-0.05, 0) is 74.5 Å². The summed E-state index contributed by atoms with van der Waals surface area (Å²) >= 11 is 1.59. The molecule has 0 spiro atoms. The summed E-state index contributed by atoms with van der Waals surface area (Å²) in [4.78, 5) is 22.5. The van der Waals surface area contributed by atoms with Gasteiger partial charge in [-0.25, -0.2) is 4.99 Å². The lowest BCUT2D eigenvalue weighted by Gasteiger charge is -2.31. The number of nitrogens with zero attached hydrogens (tertiary/aromatic N) is 3. The lowest BCUT2D eigenvalue weighted by Crippen LogP contribution is -2.38. The average Bonchev–Trinajstić information content (AvgIpc) is 3.33. The second-order valence-corrected chi connectivity index (χ2v) is 8.35. The van der Waals surface area contributed by atoms with E-state index in [9.17, 15) is 4.79 Å². The first-order chi connectivity index (χ1) is 13.1. The molecule has 0 saturated carbocycles. The molecule has 0 radical (unpaired) electrons. The highest BCUT2D eigenvalue weighted by atomic mass is 35.5. The molecule has 0 aliphatic carbocycles. The highest BCUT2D eigenvalue weighted by Gasteiger charge is 2.27. The Kier molecular flexibility index (Phi) is 8.52. The normalized spacial score (nSPS) is 19.5. The number of anilines is 1. The fraction of sp³-hybridized carbons (Fsp3) is 0.429. The van der Waals surface area contributed by atoms with E-state index in [0.717, 1.165) is 35.6 Å². The van der Waals surface area contributed by atoms with Gasteiger partial charge in [-0.3, -0.25) is 4.79 Å². The molecule has 1 saturated heterocycles. The second kappa shape index (κ2) is 10.4. The third-order valence-electron chi connectivity index (χ3n) is 5.64. The second-order valence-electron chi connectivity index (χ2n) is 7.40. The number of carbonyl (C=O) groups excluding carboxylic acids is 1. The number of amides is 1. The molecule has 8 heteroatoms. The number of nitrogens with two attached hydrogens (primary N) is 1. The van der Waals surface area contributed by atoms with E-state index in [4.69, 9.17) is 5.73 Å². The van der Waals surface area contributed by atoms with Gasteiger partial charge in [-0.15, -0.1) is 36.2 Å². The molecule has 2 aromatic rings. The smallest absolute Gasteiger partial charge is 0.227 e. The maximum atomic E-state index is 12.5. The van der Waals surface area contributed by atoms with E-state index >= 15 is 0 Å². The highest BCUT2D eigenvalue weighted by molar-refractivity contribution is 7.12. The molecule has 1 fully saturated rings. The van der Waals surface area contributed by atoms with Gasteiger partial charge >= 0.3 is 0 Å². The molecule has 2 N–H and O–H groups in total. The summed E-state index contributed by atoms with van der Waals surface area (Å²) in [6, 6.07) is 10.6. The molecule has 1 amide bonds. The molecule has 0 bridgehead atoms. The molecular weight excluding hydrogens is 427 g/mol. The van der Waals surface area contributed by atoms with Crippen molar-refractivity contribution in [1.29, 1.82) is 0 Å². The molecule has 158 valence electrons. The third-order valence-corrected chi connectivity index (χ3v) is 6.54. The van der Waals surface area contributed by atoms with Crippen molar-refractivity contribution in [3.05, 3.63) is 46.2 Å². The topological polar surface area (TPSA) is 61.9 Å². The first-order valence-electron chi connectivity index (χ1n) is 9.63. The van der Waals surface area contributed by atoms with E-state index < -0.39 is 0 Å². The molecule has 2 aliphatic rings. The lowest BCUT2D eigenvalue weighted by atomic mass is 9.99. The van der Waals surface area contributed by atoms with Crippen molar-refractivity contribution < 1.29 is 4.79 Å². The molecule has 1 aromatic heterocycles. The minimum atomic E-state index is 0. The molecular formula is C21H28Cl2N4OS. The number of hydrogen-bond acceptors (Lipinski definition) is 4. The monoisotopic (exact) mass is 454 g/mol. The van der Waals surface area contributed by atoms with Crippen LogP contribution < -0.4 is 10.6 Å². The van der Waals surface area contributed by atoms with Gasteiger partial charge in [0.1, 0.15) is 5.84 Å². The predicted octanol–water partition coefficient (Wildman–Crippen LogP) is 4.39. The van der Waals surface area contributed by atoms with E-state index in [1.807, 2.05) is 34.5 Å². The van der Waals surface area contributed by atoms with E-state index in [1.54, 1.807) is 11.3 Å². The summed E-state index contributed by atoms with van der Waals surface area (Å²) in [5.74, 6) is 0.774. The average molecular weight is 455 g/mol. The molecule has 3 heterocycles. The molecule has 1 aromatic carbocycles. The molecule has 1 atom stereocenters. The van der Waals surface area contributed by atoms with Crippen LogP contribution in [-0.4, -0.2) is 42.8 Å². The Morgan fingerprint density at radius 3 is 2.79 bits per heavy atom. The van der Waals surface area contributed by atoms with Gasteiger partial charge < -0.3 is 15.5 Å². The Balaban J connectivity index is 0.00000150. The van der Waals surface area contributed by atoms with Crippen LogP contribution in [0.1, 0.15) is 36.1 Å². The van der Waals surface area contributed by atoms with E-state index in [0.29, 0.717) is 18.3 Å². The van der Waals surface area contributed by atoms with Crippen molar-refractivity contribution in [2.24, 2.45) is 10.7 Å². The number of thiophene rings is 1. The summed E-state index contributed by atoms with van der Waals surface area (Å²) in [6.07, 6.45) is 4.88. The minimum absolute atomic E-state index is 0. The standard InChI is InChI=1S/C21H26N4OS.2ClH/c1-24-11-2-4-17(24)10-12-25-18-8-7-16(14-15(18)6-9-20(25)26)23-21(22)19-5-3-13-27-19;;/h3,5,7-8,13-14,17H,2,4,6,9-12H2,1H3,(H2,22,23);2*1H. The van der Waals surface area contributed by atoms with Crippen LogP contribution in [0.25, 0.3) is 0 Å². The van der Waals surface area contributed by atoms with Crippen molar-refractivity contribution in [3.8, 4) is 0 Å². The van der Waals surface area contributed by atoms with Crippen LogP contribution in [0.5, 0.6) is 0 Å². The van der Waals surface area contributed by atoms with Gasteiger partial charge in [0, 0.05) is 24.7 Å². The van der Waals surface area contributed by atoms with Crippen LogP contribution >= 0.6 is 36.2 Å². The summed E-state index contributed by atoms with van der Waals surface area (Å²) in [5, 5.41) is 2.00. The Labute approximate surface area is 188 Å². The summed E-state index contributed by atoms with van der Waals surface area (Å²) in [7, 11) is 2.19. The number of benzene rings is 1. The first kappa shape index (κ1) is 23.7. The number of likely N-dealkylation sites (tertiary alicyclic amines) is 1. The van der Waals surface area contributed by atoms with Crippen molar-refractivity contribution in [1.82, 2.24) is 4.90 Å². The summed E-state index contributed by atoms with van der Waals surface area (Å²) < 4.78 is 0. The fourth-order valence-corrected chi connectivity index (χ4v) is 4.73.